The van der Waals surface area contributed by atoms with Crippen LogP contribution in [0.15, 0.2) is 66.7 Å². The molecule has 4 amide bonds. The minimum Gasteiger partial charge on any atom is -0.497 e. The van der Waals surface area contributed by atoms with E-state index in [4.69, 9.17) is 23.9 Å². The second kappa shape index (κ2) is 16.0. The number of methoxy groups -OCH3 is 1. The molecule has 2 aliphatic carbocycles. The van der Waals surface area contributed by atoms with E-state index in [1.54, 1.807) is 33.9 Å². The number of allylic oxidation sites excluding steroid dienone is 1. The van der Waals surface area contributed by atoms with Crippen LogP contribution in [0.4, 0.5) is 4.79 Å². The topological polar surface area (TPSA) is 192 Å². The van der Waals surface area contributed by atoms with Gasteiger partial charge >= 0.3 is 6.09 Å². The van der Waals surface area contributed by atoms with Gasteiger partial charge in [0.15, 0.2) is 0 Å². The Labute approximate surface area is 331 Å². The van der Waals surface area contributed by atoms with Gasteiger partial charge in [-0.05, 0) is 82.5 Å². The molecule has 15 nitrogen and oxygen atoms in total. The van der Waals surface area contributed by atoms with Crippen LogP contribution in [0, 0.1) is 5.92 Å². The summed E-state index contributed by atoms with van der Waals surface area (Å²) >= 11 is 0. The molecule has 3 N–H and O–H groups in total. The maximum Gasteiger partial charge on any atom is 0.408 e. The third kappa shape index (κ3) is 9.17. The summed E-state index contributed by atoms with van der Waals surface area (Å²) in [6.45, 7) is 5.08. The van der Waals surface area contributed by atoms with Crippen molar-refractivity contribution in [1.82, 2.24) is 25.2 Å². The minimum atomic E-state index is -3.92. The second-order valence-corrected chi connectivity index (χ2v) is 18.0. The van der Waals surface area contributed by atoms with Crippen LogP contribution in [-0.4, -0.2) is 104 Å². The summed E-state index contributed by atoms with van der Waals surface area (Å²) in [6, 6.07) is 14.5. The highest BCUT2D eigenvalue weighted by atomic mass is 32.2. The number of nitrogens with zero attached hydrogens (tertiary/aromatic N) is 2. The first-order chi connectivity index (χ1) is 27.2. The van der Waals surface area contributed by atoms with Crippen molar-refractivity contribution in [3.8, 4) is 22.9 Å². The number of rotatable bonds is 8. The zero-order valence-corrected chi connectivity index (χ0v) is 33.3. The van der Waals surface area contributed by atoms with Gasteiger partial charge in [0, 0.05) is 29.9 Å². The van der Waals surface area contributed by atoms with E-state index in [-0.39, 0.29) is 38.5 Å². The standard InChI is InChI=1S/C41H49N5O10S/c1-40(2,3)56-39(50)43-33-24-54-18-10-6-9-13-27-22-41(27,38(49)45-57(51,52)30-15-16-30)44-35(47)34-21-29(23-46(34)37(33)48)55-36-31-17-14-28(53-4)19-26(31)20-32(42-36)25-11-7-5-8-12-25/h5,7-9,11-14,17,19-20,27,29-30,33-34H,6,10,15-16,18,21-24H2,1-4H3,(H,43,50)(H,44,47)(H,45,49)/b13-9-/t27-,29?,33+,34+,41-/m1/s1. The lowest BCUT2D eigenvalue weighted by Crippen LogP contribution is -2.59. The highest BCUT2D eigenvalue weighted by molar-refractivity contribution is 7.91. The van der Waals surface area contributed by atoms with E-state index in [2.05, 4.69) is 15.4 Å². The molecular formula is C41H49N5O10S. The molecule has 304 valence electrons. The normalized spacial score (nSPS) is 26.1. The van der Waals surface area contributed by atoms with E-state index in [1.807, 2.05) is 60.7 Å². The summed E-state index contributed by atoms with van der Waals surface area (Å²) < 4.78 is 51.4. The number of aromatic nitrogens is 1. The molecule has 2 aliphatic heterocycles. The van der Waals surface area contributed by atoms with Crippen molar-refractivity contribution in [3.63, 3.8) is 0 Å². The molecule has 0 bridgehead atoms. The summed E-state index contributed by atoms with van der Waals surface area (Å²) in [6.07, 6.45) is 4.28. The number of nitrogens with one attached hydrogen (secondary N) is 3. The highest BCUT2D eigenvalue weighted by Gasteiger charge is 2.62. The Balaban J connectivity index is 1.23. The molecule has 0 spiro atoms. The van der Waals surface area contributed by atoms with Crippen LogP contribution in [0.2, 0.25) is 0 Å². The first-order valence-electron chi connectivity index (χ1n) is 19.3. The van der Waals surface area contributed by atoms with Crippen molar-refractivity contribution in [2.45, 2.75) is 93.9 Å². The monoisotopic (exact) mass is 803 g/mol. The molecule has 4 aliphatic rings. The van der Waals surface area contributed by atoms with Gasteiger partial charge < -0.3 is 34.5 Å². The van der Waals surface area contributed by atoms with Crippen LogP contribution in [0.3, 0.4) is 0 Å². The number of hydrogen-bond donors (Lipinski definition) is 3. The average Bonchev–Trinajstić information content (AvgIpc) is 4.09. The zero-order chi connectivity index (χ0) is 40.5. The van der Waals surface area contributed by atoms with Gasteiger partial charge in [0.05, 0.1) is 31.2 Å². The number of sulfonamides is 1. The Hall–Kier alpha value is -5.22. The van der Waals surface area contributed by atoms with Crippen LogP contribution in [-0.2, 0) is 33.9 Å². The zero-order valence-electron chi connectivity index (χ0n) is 32.5. The number of benzene rings is 2. The van der Waals surface area contributed by atoms with E-state index < -0.39 is 74.3 Å². The molecule has 3 heterocycles. The number of hydrogen-bond acceptors (Lipinski definition) is 11. The second-order valence-electron chi connectivity index (χ2n) is 16.0. The Morgan fingerprint density at radius 2 is 1.84 bits per heavy atom. The number of pyridine rings is 1. The van der Waals surface area contributed by atoms with Gasteiger partial charge in [0.2, 0.25) is 27.7 Å². The van der Waals surface area contributed by atoms with E-state index in [0.29, 0.717) is 42.5 Å². The summed E-state index contributed by atoms with van der Waals surface area (Å²) in [4.78, 5) is 62.0. The largest absolute Gasteiger partial charge is 0.497 e. The van der Waals surface area contributed by atoms with Gasteiger partial charge in [-0.25, -0.2) is 18.2 Å². The van der Waals surface area contributed by atoms with E-state index in [1.165, 1.54) is 4.90 Å². The fourth-order valence-corrected chi connectivity index (χ4v) is 8.63. The SMILES string of the molecule is COc1ccc2c(OC3C[C@H]4C(=O)N[C@]5(C(=O)NS(=O)(=O)C6CC6)C[C@H]5/C=C\CCCOC[C@H](NC(=O)OC(C)(C)C)C(=O)N4C3)nc(-c3ccccc3)cc2c1. The molecule has 1 unspecified atom stereocenters. The summed E-state index contributed by atoms with van der Waals surface area (Å²) in [5.74, 6) is -1.68. The number of carbonyl (C=O) groups excluding carboxylic acids is 4. The fourth-order valence-electron chi connectivity index (χ4n) is 7.27. The summed E-state index contributed by atoms with van der Waals surface area (Å²) in [5.41, 5.74) is -0.924. The maximum atomic E-state index is 14.5. The van der Waals surface area contributed by atoms with Crippen LogP contribution in [0.1, 0.15) is 59.3 Å². The van der Waals surface area contributed by atoms with Gasteiger partial charge in [-0.2, -0.15) is 0 Å². The number of carbonyl (C=O) groups is 4. The third-order valence-electron chi connectivity index (χ3n) is 10.5. The molecule has 1 aromatic heterocycles. The first kappa shape index (κ1) is 40.0. The molecule has 2 aromatic carbocycles. The molecule has 2 saturated carbocycles. The lowest BCUT2D eigenvalue weighted by Gasteiger charge is -2.30. The Kier molecular flexibility index (Phi) is 11.2. The lowest BCUT2D eigenvalue weighted by molar-refractivity contribution is -0.142. The van der Waals surface area contributed by atoms with Gasteiger partial charge in [0.25, 0.3) is 5.91 Å². The van der Waals surface area contributed by atoms with E-state index in [0.717, 1.165) is 10.9 Å². The molecule has 57 heavy (non-hydrogen) atoms. The van der Waals surface area contributed by atoms with Crippen molar-refractivity contribution >= 4 is 44.6 Å². The molecule has 0 radical (unpaired) electrons. The smallest absolute Gasteiger partial charge is 0.408 e. The third-order valence-corrected chi connectivity index (χ3v) is 12.3. The van der Waals surface area contributed by atoms with Crippen molar-refractivity contribution in [2.24, 2.45) is 5.92 Å². The number of ether oxygens (including phenoxy) is 4. The Morgan fingerprint density at radius 1 is 1.07 bits per heavy atom. The Morgan fingerprint density at radius 3 is 2.56 bits per heavy atom. The highest BCUT2D eigenvalue weighted by Crippen LogP contribution is 2.46. The number of alkyl carbamates (subject to hydrolysis) is 1. The minimum absolute atomic E-state index is 0.00887. The fraction of sp³-hybridized carbons (Fsp3) is 0.488. The van der Waals surface area contributed by atoms with Crippen LogP contribution >= 0.6 is 0 Å². The molecule has 3 fully saturated rings. The first-order valence-corrected chi connectivity index (χ1v) is 20.8. The molecule has 1 saturated heterocycles. The van der Waals surface area contributed by atoms with Gasteiger partial charge in [-0.3, -0.25) is 19.1 Å². The average molecular weight is 804 g/mol. The molecule has 16 heteroatoms. The van der Waals surface area contributed by atoms with Crippen molar-refractivity contribution in [3.05, 3.63) is 66.7 Å². The van der Waals surface area contributed by atoms with Gasteiger partial charge in [0.1, 0.15) is 35.1 Å². The van der Waals surface area contributed by atoms with Crippen LogP contribution in [0.25, 0.3) is 22.0 Å². The quantitative estimate of drug-likeness (QED) is 0.279. The number of fused-ring (bicyclic) bond motifs is 3. The summed E-state index contributed by atoms with van der Waals surface area (Å²) in [7, 11) is -2.34. The number of amides is 4. The van der Waals surface area contributed by atoms with Gasteiger partial charge in [-0.15, -0.1) is 0 Å². The van der Waals surface area contributed by atoms with Crippen LogP contribution in [0.5, 0.6) is 11.6 Å². The van der Waals surface area contributed by atoms with Crippen molar-refractivity contribution in [2.75, 3.05) is 26.9 Å². The molecule has 7 rings (SSSR count). The molecule has 5 atom stereocenters. The maximum absolute atomic E-state index is 14.5. The summed E-state index contributed by atoms with van der Waals surface area (Å²) in [5, 5.41) is 6.32. The van der Waals surface area contributed by atoms with Crippen molar-refractivity contribution < 1.29 is 46.5 Å². The Bertz CT molecular complexity index is 2170. The predicted molar refractivity (Wildman–Crippen MR) is 210 cm³/mol. The molecular weight excluding hydrogens is 755 g/mol. The van der Waals surface area contributed by atoms with E-state index in [9.17, 15) is 27.6 Å². The predicted octanol–water partition coefficient (Wildman–Crippen LogP) is 4.00. The van der Waals surface area contributed by atoms with Crippen molar-refractivity contribution in [1.29, 1.82) is 0 Å². The molecule has 3 aromatic rings. The van der Waals surface area contributed by atoms with Crippen LogP contribution < -0.4 is 24.8 Å². The van der Waals surface area contributed by atoms with Gasteiger partial charge in [-0.1, -0.05) is 42.5 Å². The van der Waals surface area contributed by atoms with E-state index >= 15 is 0 Å². The lowest BCUT2D eigenvalue weighted by atomic mass is 10.1.